The van der Waals surface area contributed by atoms with E-state index in [4.69, 9.17) is 9.47 Å². The predicted octanol–water partition coefficient (Wildman–Crippen LogP) is 4.29. The van der Waals surface area contributed by atoms with Crippen LogP contribution in [0, 0.1) is 0 Å². The number of ether oxygens (including phenoxy) is 2. The molecule has 1 aliphatic heterocycles. The lowest BCUT2D eigenvalue weighted by molar-refractivity contribution is 0.102. The minimum atomic E-state index is -0.294. The summed E-state index contributed by atoms with van der Waals surface area (Å²) in [7, 11) is 0. The fourth-order valence-corrected chi connectivity index (χ4v) is 4.47. The van der Waals surface area contributed by atoms with E-state index in [-0.39, 0.29) is 5.91 Å². The molecule has 1 aliphatic carbocycles. The molecule has 9 heteroatoms. The second kappa shape index (κ2) is 7.76. The van der Waals surface area contributed by atoms with Crippen molar-refractivity contribution in [2.75, 3.05) is 18.5 Å². The summed E-state index contributed by atoms with van der Waals surface area (Å²) in [6.07, 6.45) is 2.07. The van der Waals surface area contributed by atoms with Crippen LogP contribution in [0.1, 0.15) is 34.9 Å². The molecule has 3 heterocycles. The van der Waals surface area contributed by atoms with Crippen LogP contribution < -0.4 is 14.8 Å². The Morgan fingerprint density at radius 3 is 2.69 bits per heavy atom. The van der Waals surface area contributed by atoms with Crippen LogP contribution in [0.15, 0.2) is 53.9 Å². The van der Waals surface area contributed by atoms with Crippen molar-refractivity contribution in [2.45, 2.75) is 18.8 Å². The Morgan fingerprint density at radius 1 is 1.06 bits per heavy atom. The second-order valence-corrected chi connectivity index (χ2v) is 8.55. The summed E-state index contributed by atoms with van der Waals surface area (Å²) in [5.74, 6) is 1.45. The smallest absolute Gasteiger partial charge is 0.279 e. The van der Waals surface area contributed by atoms with E-state index in [0.717, 1.165) is 41.2 Å². The third-order valence-corrected chi connectivity index (χ3v) is 6.21. The average Bonchev–Trinajstić information content (AvgIpc) is 3.40. The van der Waals surface area contributed by atoms with Crippen LogP contribution in [-0.2, 0) is 0 Å². The quantitative estimate of drug-likeness (QED) is 0.493. The van der Waals surface area contributed by atoms with E-state index in [1.807, 2.05) is 53.9 Å². The van der Waals surface area contributed by atoms with Gasteiger partial charge >= 0.3 is 0 Å². The third kappa shape index (κ3) is 3.50. The standard InChI is InChI=1S/C23H19N5O3S/c29-22(20-21(14-6-7-14)28(27-26-20)16-4-2-1-3-5-16)25-23-24-17(13-32-23)15-8-9-18-19(12-15)31-11-10-30-18/h1-5,8-9,12-14H,6-7,10-11H2,(H,24,25,29). The maximum Gasteiger partial charge on any atom is 0.279 e. The maximum atomic E-state index is 13.1. The fraction of sp³-hybridized carbons (Fsp3) is 0.217. The molecular formula is C23H19N5O3S. The molecule has 0 radical (unpaired) electrons. The molecule has 4 aromatic rings. The molecule has 1 amide bonds. The molecule has 2 aromatic carbocycles. The number of carbonyl (C=O) groups is 1. The zero-order valence-electron chi connectivity index (χ0n) is 17.0. The first kappa shape index (κ1) is 19.0. The van der Waals surface area contributed by atoms with Crippen molar-refractivity contribution >= 4 is 22.4 Å². The molecule has 1 N–H and O–H groups in total. The topological polar surface area (TPSA) is 91.2 Å². The third-order valence-electron chi connectivity index (χ3n) is 5.45. The average molecular weight is 446 g/mol. The Kier molecular flexibility index (Phi) is 4.61. The normalized spacial score (nSPS) is 14.9. The molecule has 0 saturated heterocycles. The zero-order valence-corrected chi connectivity index (χ0v) is 17.8. The van der Waals surface area contributed by atoms with Gasteiger partial charge < -0.3 is 9.47 Å². The summed E-state index contributed by atoms with van der Waals surface area (Å²) in [6, 6.07) is 15.5. The number of thiazole rings is 1. The molecule has 32 heavy (non-hydrogen) atoms. The van der Waals surface area contributed by atoms with Gasteiger partial charge in [-0.05, 0) is 43.2 Å². The van der Waals surface area contributed by atoms with Gasteiger partial charge in [0, 0.05) is 16.9 Å². The van der Waals surface area contributed by atoms with Crippen molar-refractivity contribution in [1.82, 2.24) is 20.0 Å². The highest BCUT2D eigenvalue weighted by Gasteiger charge is 2.34. The lowest BCUT2D eigenvalue weighted by Crippen LogP contribution is -2.15. The second-order valence-electron chi connectivity index (χ2n) is 7.70. The van der Waals surface area contributed by atoms with E-state index in [1.54, 1.807) is 4.68 Å². The van der Waals surface area contributed by atoms with Crippen LogP contribution in [0.25, 0.3) is 16.9 Å². The number of hydrogen-bond donors (Lipinski definition) is 1. The molecule has 0 unspecified atom stereocenters. The number of benzene rings is 2. The van der Waals surface area contributed by atoms with Gasteiger partial charge in [0.15, 0.2) is 22.3 Å². The van der Waals surface area contributed by atoms with Gasteiger partial charge in [0.1, 0.15) is 13.2 Å². The van der Waals surface area contributed by atoms with Crippen molar-refractivity contribution in [3.63, 3.8) is 0 Å². The fourth-order valence-electron chi connectivity index (χ4n) is 3.76. The van der Waals surface area contributed by atoms with Crippen LogP contribution in [0.5, 0.6) is 11.5 Å². The number of nitrogens with one attached hydrogen (secondary N) is 1. The summed E-state index contributed by atoms with van der Waals surface area (Å²) in [6.45, 7) is 1.08. The molecule has 1 fully saturated rings. The van der Waals surface area contributed by atoms with E-state index in [9.17, 15) is 4.79 Å². The van der Waals surface area contributed by atoms with Crippen LogP contribution in [0.3, 0.4) is 0 Å². The molecule has 0 atom stereocenters. The zero-order chi connectivity index (χ0) is 21.5. The van der Waals surface area contributed by atoms with Crippen LogP contribution in [0.4, 0.5) is 5.13 Å². The highest BCUT2D eigenvalue weighted by molar-refractivity contribution is 7.14. The minimum absolute atomic E-state index is 0.294. The van der Waals surface area contributed by atoms with Crippen molar-refractivity contribution in [2.24, 2.45) is 0 Å². The molecular weight excluding hydrogens is 426 g/mol. The maximum absolute atomic E-state index is 13.1. The first-order valence-electron chi connectivity index (χ1n) is 10.4. The highest BCUT2D eigenvalue weighted by Crippen LogP contribution is 2.42. The Hall–Kier alpha value is -3.72. The highest BCUT2D eigenvalue weighted by atomic mass is 32.1. The van der Waals surface area contributed by atoms with Gasteiger partial charge in [-0.25, -0.2) is 9.67 Å². The molecule has 1 saturated carbocycles. The van der Waals surface area contributed by atoms with E-state index in [0.29, 0.717) is 35.7 Å². The molecule has 2 aliphatic rings. The number of aromatic nitrogens is 4. The summed E-state index contributed by atoms with van der Waals surface area (Å²) in [5, 5.41) is 13.8. The number of para-hydroxylation sites is 1. The minimum Gasteiger partial charge on any atom is -0.486 e. The number of fused-ring (bicyclic) bond motifs is 1. The molecule has 160 valence electrons. The van der Waals surface area contributed by atoms with Crippen LogP contribution in [-0.4, -0.2) is 39.1 Å². The number of anilines is 1. The summed E-state index contributed by atoms with van der Waals surface area (Å²) < 4.78 is 13.0. The Balaban J connectivity index is 1.25. The first-order valence-corrected chi connectivity index (χ1v) is 11.3. The number of carbonyl (C=O) groups excluding carboxylic acids is 1. The molecule has 2 aromatic heterocycles. The van der Waals surface area contributed by atoms with Gasteiger partial charge in [-0.2, -0.15) is 0 Å². The number of hydrogen-bond acceptors (Lipinski definition) is 7. The monoisotopic (exact) mass is 445 g/mol. The summed E-state index contributed by atoms with van der Waals surface area (Å²) >= 11 is 1.37. The van der Waals surface area contributed by atoms with Gasteiger partial charge in [0.25, 0.3) is 5.91 Å². The number of rotatable bonds is 5. The van der Waals surface area contributed by atoms with E-state index < -0.39 is 0 Å². The molecule has 6 rings (SSSR count). The number of amides is 1. The molecule has 0 bridgehead atoms. The van der Waals surface area contributed by atoms with Crippen molar-refractivity contribution in [3.8, 4) is 28.4 Å². The Morgan fingerprint density at radius 2 is 1.88 bits per heavy atom. The van der Waals surface area contributed by atoms with Crippen molar-refractivity contribution < 1.29 is 14.3 Å². The predicted molar refractivity (Wildman–Crippen MR) is 120 cm³/mol. The van der Waals surface area contributed by atoms with Crippen molar-refractivity contribution in [3.05, 3.63) is 65.3 Å². The Labute approximate surface area is 187 Å². The SMILES string of the molecule is O=C(Nc1nc(-c2ccc3c(c2)OCCO3)cs1)c1nnn(-c2ccccc2)c1C1CC1. The van der Waals surface area contributed by atoms with Gasteiger partial charge in [-0.15, -0.1) is 16.4 Å². The van der Waals surface area contributed by atoms with Gasteiger partial charge in [-0.1, -0.05) is 23.4 Å². The molecule has 0 spiro atoms. The lowest BCUT2D eigenvalue weighted by atomic mass is 10.1. The van der Waals surface area contributed by atoms with Gasteiger partial charge in [-0.3, -0.25) is 10.1 Å². The van der Waals surface area contributed by atoms with Gasteiger partial charge in [0.2, 0.25) is 0 Å². The van der Waals surface area contributed by atoms with Crippen LogP contribution >= 0.6 is 11.3 Å². The largest absolute Gasteiger partial charge is 0.486 e. The summed E-state index contributed by atoms with van der Waals surface area (Å²) in [5.41, 5.74) is 3.78. The summed E-state index contributed by atoms with van der Waals surface area (Å²) in [4.78, 5) is 17.6. The number of nitrogens with zero attached hydrogens (tertiary/aromatic N) is 4. The van der Waals surface area contributed by atoms with E-state index >= 15 is 0 Å². The lowest BCUT2D eigenvalue weighted by Gasteiger charge is -2.18. The van der Waals surface area contributed by atoms with Gasteiger partial charge in [0.05, 0.1) is 17.1 Å². The van der Waals surface area contributed by atoms with Crippen LogP contribution in [0.2, 0.25) is 0 Å². The van der Waals surface area contributed by atoms with E-state index in [2.05, 4.69) is 20.6 Å². The molecule has 8 nitrogen and oxygen atoms in total. The van der Waals surface area contributed by atoms with Crippen molar-refractivity contribution in [1.29, 1.82) is 0 Å². The Bertz CT molecular complexity index is 1300. The first-order chi connectivity index (χ1) is 15.8. The van der Waals surface area contributed by atoms with E-state index in [1.165, 1.54) is 11.3 Å².